The zero-order chi connectivity index (χ0) is 16.3. The lowest BCUT2D eigenvalue weighted by Crippen LogP contribution is -2.27. The Morgan fingerprint density at radius 1 is 1.09 bits per heavy atom. The van der Waals surface area contributed by atoms with Gasteiger partial charge in [-0.2, -0.15) is 9.36 Å². The molecule has 0 saturated heterocycles. The summed E-state index contributed by atoms with van der Waals surface area (Å²) in [7, 11) is 0. The molecule has 0 bridgehead atoms. The molecule has 0 amide bonds. The molecule has 0 aliphatic heterocycles. The molecule has 0 aliphatic carbocycles. The smallest absolute Gasteiger partial charge is 0.202 e. The van der Waals surface area contributed by atoms with Gasteiger partial charge in [-0.25, -0.2) is 4.39 Å². The van der Waals surface area contributed by atoms with Crippen molar-refractivity contribution in [2.24, 2.45) is 0 Å². The second-order valence-electron chi connectivity index (χ2n) is 5.90. The molecule has 1 N–H and O–H groups in total. The first-order chi connectivity index (χ1) is 11.0. The number of aromatic nitrogens is 3. The van der Waals surface area contributed by atoms with Crippen LogP contribution in [-0.2, 0) is 5.41 Å². The molecule has 0 saturated carbocycles. The standard InChI is InChI=1S/C17H17FN4S/c1-17(2,13-3-5-14(18)6-4-13)11-20-16-21-15(22-23-16)12-7-9-19-10-8-12/h3-10H,11H2,1-2H3,(H,20,21,22). The van der Waals surface area contributed by atoms with Gasteiger partial charge in [0.05, 0.1) is 0 Å². The van der Waals surface area contributed by atoms with Crippen molar-refractivity contribution < 1.29 is 4.39 Å². The summed E-state index contributed by atoms with van der Waals surface area (Å²) in [5.41, 5.74) is 1.88. The Kier molecular flexibility index (Phi) is 4.34. The number of anilines is 1. The largest absolute Gasteiger partial charge is 0.359 e. The highest BCUT2D eigenvalue weighted by Crippen LogP contribution is 2.26. The predicted octanol–water partition coefficient (Wildman–Crippen LogP) is 4.13. The van der Waals surface area contributed by atoms with Crippen LogP contribution in [0.4, 0.5) is 9.52 Å². The van der Waals surface area contributed by atoms with E-state index in [1.807, 2.05) is 24.3 Å². The van der Waals surface area contributed by atoms with Crippen molar-refractivity contribution in [2.45, 2.75) is 19.3 Å². The number of nitrogens with zero attached hydrogens (tertiary/aromatic N) is 3. The van der Waals surface area contributed by atoms with E-state index in [1.54, 1.807) is 12.4 Å². The minimum Gasteiger partial charge on any atom is -0.359 e. The van der Waals surface area contributed by atoms with Crippen LogP contribution in [-0.4, -0.2) is 20.9 Å². The van der Waals surface area contributed by atoms with Gasteiger partial charge in [0.15, 0.2) is 5.82 Å². The fraction of sp³-hybridized carbons (Fsp3) is 0.235. The summed E-state index contributed by atoms with van der Waals surface area (Å²) < 4.78 is 17.4. The van der Waals surface area contributed by atoms with Crippen molar-refractivity contribution in [3.8, 4) is 11.4 Å². The van der Waals surface area contributed by atoms with Gasteiger partial charge < -0.3 is 5.32 Å². The molecule has 23 heavy (non-hydrogen) atoms. The Morgan fingerprint density at radius 3 is 2.48 bits per heavy atom. The average molecular weight is 328 g/mol. The molecule has 2 aromatic heterocycles. The summed E-state index contributed by atoms with van der Waals surface area (Å²) in [6.07, 6.45) is 3.45. The van der Waals surface area contributed by atoms with Gasteiger partial charge >= 0.3 is 0 Å². The number of nitrogens with one attached hydrogen (secondary N) is 1. The van der Waals surface area contributed by atoms with Crippen LogP contribution in [0, 0.1) is 5.82 Å². The fourth-order valence-electron chi connectivity index (χ4n) is 2.21. The highest BCUT2D eigenvalue weighted by Gasteiger charge is 2.21. The van der Waals surface area contributed by atoms with E-state index in [0.29, 0.717) is 12.4 Å². The minimum absolute atomic E-state index is 0.143. The Hall–Kier alpha value is -2.34. The molecule has 118 valence electrons. The van der Waals surface area contributed by atoms with Crippen LogP contribution in [0.15, 0.2) is 48.8 Å². The third kappa shape index (κ3) is 3.71. The van der Waals surface area contributed by atoms with Crippen LogP contribution in [0.25, 0.3) is 11.4 Å². The van der Waals surface area contributed by atoms with Crippen molar-refractivity contribution in [3.05, 3.63) is 60.2 Å². The molecular formula is C17H17FN4S. The second kappa shape index (κ2) is 6.42. The van der Waals surface area contributed by atoms with Crippen molar-refractivity contribution >= 4 is 16.7 Å². The zero-order valence-electron chi connectivity index (χ0n) is 13.0. The quantitative estimate of drug-likeness (QED) is 0.765. The van der Waals surface area contributed by atoms with Gasteiger partial charge in [0, 0.05) is 41.4 Å². The van der Waals surface area contributed by atoms with Crippen LogP contribution in [0.5, 0.6) is 0 Å². The third-order valence-electron chi connectivity index (χ3n) is 3.67. The van der Waals surface area contributed by atoms with Crippen molar-refractivity contribution in [1.29, 1.82) is 0 Å². The number of hydrogen-bond donors (Lipinski definition) is 1. The number of halogens is 1. The SMILES string of the molecule is CC(C)(CNc1nc(-c2ccncc2)ns1)c1ccc(F)cc1. The maximum atomic E-state index is 13.1. The Balaban J connectivity index is 1.68. The highest BCUT2D eigenvalue weighted by molar-refractivity contribution is 7.09. The Labute approximate surface area is 138 Å². The highest BCUT2D eigenvalue weighted by atomic mass is 32.1. The first-order valence-electron chi connectivity index (χ1n) is 7.29. The van der Waals surface area contributed by atoms with Gasteiger partial charge in [0.1, 0.15) is 5.82 Å². The molecule has 0 atom stereocenters. The lowest BCUT2D eigenvalue weighted by molar-refractivity contribution is 0.553. The fourth-order valence-corrected chi connectivity index (χ4v) is 2.80. The molecule has 0 unspecified atom stereocenters. The Bertz CT molecular complexity index is 769. The zero-order valence-corrected chi connectivity index (χ0v) is 13.8. The number of rotatable bonds is 5. The topological polar surface area (TPSA) is 50.7 Å². The van der Waals surface area contributed by atoms with Crippen LogP contribution < -0.4 is 5.32 Å². The molecule has 0 fully saturated rings. The van der Waals surface area contributed by atoms with E-state index in [0.717, 1.165) is 16.3 Å². The average Bonchev–Trinajstić information content (AvgIpc) is 3.03. The summed E-state index contributed by atoms with van der Waals surface area (Å²) in [5, 5.41) is 4.09. The minimum atomic E-state index is -0.219. The monoisotopic (exact) mass is 328 g/mol. The number of hydrogen-bond acceptors (Lipinski definition) is 5. The van der Waals surface area contributed by atoms with Crippen LogP contribution in [0.1, 0.15) is 19.4 Å². The van der Waals surface area contributed by atoms with Crippen LogP contribution in [0.2, 0.25) is 0 Å². The molecule has 3 rings (SSSR count). The maximum Gasteiger partial charge on any atom is 0.202 e. The normalized spacial score (nSPS) is 11.4. The molecule has 6 heteroatoms. The predicted molar refractivity (Wildman–Crippen MR) is 91.1 cm³/mol. The van der Waals surface area contributed by atoms with Crippen molar-refractivity contribution in [3.63, 3.8) is 0 Å². The van der Waals surface area contributed by atoms with Crippen molar-refractivity contribution in [2.75, 3.05) is 11.9 Å². The van der Waals surface area contributed by atoms with Crippen molar-refractivity contribution in [1.82, 2.24) is 14.3 Å². The van der Waals surface area contributed by atoms with Gasteiger partial charge in [-0.1, -0.05) is 26.0 Å². The first kappa shape index (κ1) is 15.6. The molecule has 4 nitrogen and oxygen atoms in total. The van der Waals surface area contributed by atoms with Gasteiger partial charge in [-0.15, -0.1) is 0 Å². The summed E-state index contributed by atoms with van der Waals surface area (Å²) in [6, 6.07) is 10.4. The van der Waals surface area contributed by atoms with E-state index in [-0.39, 0.29) is 11.2 Å². The van der Waals surface area contributed by atoms with E-state index >= 15 is 0 Å². The molecule has 0 aliphatic rings. The molecular weight excluding hydrogens is 311 g/mol. The lowest BCUT2D eigenvalue weighted by Gasteiger charge is -2.25. The molecule has 1 aromatic carbocycles. The van der Waals surface area contributed by atoms with E-state index in [4.69, 9.17) is 0 Å². The molecule has 2 heterocycles. The van der Waals surface area contributed by atoms with E-state index < -0.39 is 0 Å². The first-order valence-corrected chi connectivity index (χ1v) is 8.06. The molecule has 0 spiro atoms. The summed E-state index contributed by atoms with van der Waals surface area (Å²) in [6.45, 7) is 4.90. The third-order valence-corrected chi connectivity index (χ3v) is 4.34. The summed E-state index contributed by atoms with van der Waals surface area (Å²) in [4.78, 5) is 8.49. The van der Waals surface area contributed by atoms with E-state index in [1.165, 1.54) is 23.7 Å². The summed E-state index contributed by atoms with van der Waals surface area (Å²) >= 11 is 1.33. The van der Waals surface area contributed by atoms with E-state index in [9.17, 15) is 4.39 Å². The molecule has 3 aromatic rings. The van der Waals surface area contributed by atoms with Gasteiger partial charge in [0.2, 0.25) is 5.13 Å². The van der Waals surface area contributed by atoms with Gasteiger partial charge in [0.25, 0.3) is 0 Å². The number of pyridine rings is 1. The molecule has 0 radical (unpaired) electrons. The van der Waals surface area contributed by atoms with Crippen LogP contribution in [0.3, 0.4) is 0 Å². The van der Waals surface area contributed by atoms with Gasteiger partial charge in [-0.05, 0) is 29.8 Å². The second-order valence-corrected chi connectivity index (χ2v) is 6.66. The maximum absolute atomic E-state index is 13.1. The van der Waals surface area contributed by atoms with Gasteiger partial charge in [-0.3, -0.25) is 4.98 Å². The van der Waals surface area contributed by atoms with E-state index in [2.05, 4.69) is 33.5 Å². The number of benzene rings is 1. The summed E-state index contributed by atoms with van der Waals surface area (Å²) in [5.74, 6) is 0.475. The van der Waals surface area contributed by atoms with Crippen LogP contribution >= 0.6 is 11.5 Å². The Morgan fingerprint density at radius 2 is 1.78 bits per heavy atom. The lowest BCUT2D eigenvalue weighted by atomic mass is 9.85.